The molecule has 2 aromatic rings. The molecule has 2 aromatic heterocycles. The molecule has 0 aromatic carbocycles. The summed E-state index contributed by atoms with van der Waals surface area (Å²) < 4.78 is 5.57. The van der Waals surface area contributed by atoms with Crippen molar-refractivity contribution >= 4 is 11.5 Å². The van der Waals surface area contributed by atoms with Gasteiger partial charge in [0, 0.05) is 19.3 Å². The molecule has 3 rings (SSSR count). The maximum atomic E-state index is 5.57. The summed E-state index contributed by atoms with van der Waals surface area (Å²) in [6, 6.07) is 8.04. The van der Waals surface area contributed by atoms with Crippen LogP contribution in [0.5, 0.6) is 0 Å². The first-order valence-electron chi connectivity index (χ1n) is 6.82. The highest BCUT2D eigenvalue weighted by atomic mass is 16.3. The minimum absolute atomic E-state index is 0.695. The molecular weight excluding hydrogens is 238 g/mol. The van der Waals surface area contributed by atoms with Gasteiger partial charge in [0.2, 0.25) is 0 Å². The molecule has 1 aliphatic rings. The molecule has 0 amide bonds. The van der Waals surface area contributed by atoms with Crippen molar-refractivity contribution in [1.82, 2.24) is 4.98 Å². The molecule has 0 radical (unpaired) electrons. The summed E-state index contributed by atoms with van der Waals surface area (Å²) in [4.78, 5) is 6.85. The molecule has 4 nitrogen and oxygen atoms in total. The second-order valence-electron chi connectivity index (χ2n) is 4.93. The molecule has 0 aliphatic carbocycles. The average molecular weight is 257 g/mol. The number of rotatable bonds is 4. The first kappa shape index (κ1) is 12.1. The second kappa shape index (κ2) is 5.34. The largest absolute Gasteiger partial charge is 0.465 e. The number of hydrogen-bond donors (Lipinski definition) is 1. The Morgan fingerprint density at radius 2 is 2.11 bits per heavy atom. The fourth-order valence-electron chi connectivity index (χ4n) is 2.48. The van der Waals surface area contributed by atoms with E-state index in [4.69, 9.17) is 4.42 Å². The van der Waals surface area contributed by atoms with Crippen LogP contribution in [0.2, 0.25) is 0 Å². The molecule has 0 spiro atoms. The highest BCUT2D eigenvalue weighted by molar-refractivity contribution is 5.65. The van der Waals surface area contributed by atoms with Crippen LogP contribution in [0.15, 0.2) is 34.9 Å². The van der Waals surface area contributed by atoms with Crippen LogP contribution in [0, 0.1) is 6.92 Å². The molecule has 0 atom stereocenters. The lowest BCUT2D eigenvalue weighted by Gasteiger charge is -2.20. The molecule has 0 bridgehead atoms. The Bertz CT molecular complexity index is 544. The van der Waals surface area contributed by atoms with Gasteiger partial charge in [0.05, 0.1) is 12.2 Å². The molecule has 19 heavy (non-hydrogen) atoms. The Morgan fingerprint density at radius 3 is 2.84 bits per heavy atom. The average Bonchev–Trinajstić information content (AvgIpc) is 3.08. The molecule has 1 N–H and O–H groups in total. The minimum Gasteiger partial charge on any atom is -0.465 e. The fourth-order valence-corrected chi connectivity index (χ4v) is 2.48. The Kier molecular flexibility index (Phi) is 3.40. The first-order valence-corrected chi connectivity index (χ1v) is 6.82. The van der Waals surface area contributed by atoms with E-state index < -0.39 is 0 Å². The number of anilines is 2. The van der Waals surface area contributed by atoms with Crippen molar-refractivity contribution in [2.24, 2.45) is 0 Å². The van der Waals surface area contributed by atoms with Crippen molar-refractivity contribution in [2.75, 3.05) is 23.3 Å². The van der Waals surface area contributed by atoms with Gasteiger partial charge in [-0.05, 0) is 44.0 Å². The molecular formula is C15H19N3O. The number of aryl methyl sites for hydroxylation is 1. The van der Waals surface area contributed by atoms with Gasteiger partial charge in [-0.2, -0.15) is 0 Å². The van der Waals surface area contributed by atoms with Gasteiger partial charge in [0.1, 0.15) is 11.5 Å². The van der Waals surface area contributed by atoms with Crippen molar-refractivity contribution in [1.29, 1.82) is 0 Å². The van der Waals surface area contributed by atoms with E-state index in [9.17, 15) is 0 Å². The van der Waals surface area contributed by atoms with Gasteiger partial charge in [-0.1, -0.05) is 0 Å². The van der Waals surface area contributed by atoms with Crippen LogP contribution in [0.3, 0.4) is 0 Å². The van der Waals surface area contributed by atoms with E-state index in [-0.39, 0.29) is 0 Å². The standard InChI is InChI=1S/C15H19N3O/c1-12-6-7-13(19-12)11-17-14-5-4-8-16-15(14)18-9-2-3-10-18/h4-8,17H,2-3,9-11H2,1H3. The molecule has 0 saturated carbocycles. The highest BCUT2D eigenvalue weighted by Gasteiger charge is 2.16. The van der Waals surface area contributed by atoms with Gasteiger partial charge in [0.25, 0.3) is 0 Å². The zero-order valence-electron chi connectivity index (χ0n) is 11.2. The van der Waals surface area contributed by atoms with Gasteiger partial charge in [-0.3, -0.25) is 0 Å². The number of nitrogens with zero attached hydrogens (tertiary/aromatic N) is 2. The van der Waals surface area contributed by atoms with E-state index in [1.54, 1.807) is 0 Å². The third-order valence-electron chi connectivity index (χ3n) is 3.44. The number of aromatic nitrogens is 1. The molecule has 0 unspecified atom stereocenters. The van der Waals surface area contributed by atoms with Crippen molar-refractivity contribution in [3.8, 4) is 0 Å². The molecule has 1 aliphatic heterocycles. The van der Waals surface area contributed by atoms with Crippen LogP contribution >= 0.6 is 0 Å². The Labute approximate surface area is 113 Å². The maximum absolute atomic E-state index is 5.57. The first-order chi connectivity index (χ1) is 9.33. The molecule has 3 heterocycles. The quantitative estimate of drug-likeness (QED) is 0.913. The van der Waals surface area contributed by atoms with Crippen LogP contribution in [0.1, 0.15) is 24.4 Å². The van der Waals surface area contributed by atoms with Gasteiger partial charge >= 0.3 is 0 Å². The lowest BCUT2D eigenvalue weighted by atomic mass is 10.3. The second-order valence-corrected chi connectivity index (χ2v) is 4.93. The summed E-state index contributed by atoms with van der Waals surface area (Å²) in [7, 11) is 0. The maximum Gasteiger partial charge on any atom is 0.151 e. The monoisotopic (exact) mass is 257 g/mol. The van der Waals surface area contributed by atoms with E-state index in [2.05, 4.69) is 21.3 Å². The molecule has 4 heteroatoms. The van der Waals surface area contributed by atoms with Gasteiger partial charge in [0.15, 0.2) is 5.82 Å². The van der Waals surface area contributed by atoms with Crippen molar-refractivity contribution in [3.63, 3.8) is 0 Å². The van der Waals surface area contributed by atoms with Crippen molar-refractivity contribution < 1.29 is 4.42 Å². The van der Waals surface area contributed by atoms with E-state index in [0.717, 1.165) is 36.1 Å². The Morgan fingerprint density at radius 1 is 1.26 bits per heavy atom. The predicted octanol–water partition coefficient (Wildman–Crippen LogP) is 3.20. The molecule has 1 saturated heterocycles. The van der Waals surface area contributed by atoms with Crippen molar-refractivity contribution in [3.05, 3.63) is 42.0 Å². The normalized spacial score (nSPS) is 14.9. The lowest BCUT2D eigenvalue weighted by molar-refractivity contribution is 0.490. The fraction of sp³-hybridized carbons (Fsp3) is 0.400. The zero-order chi connectivity index (χ0) is 13.1. The highest BCUT2D eigenvalue weighted by Crippen LogP contribution is 2.26. The number of nitrogens with one attached hydrogen (secondary N) is 1. The Hall–Kier alpha value is -1.97. The van der Waals surface area contributed by atoms with E-state index >= 15 is 0 Å². The number of furan rings is 1. The number of pyridine rings is 1. The van der Waals surface area contributed by atoms with Gasteiger partial charge < -0.3 is 14.6 Å². The van der Waals surface area contributed by atoms with E-state index in [1.807, 2.05) is 31.3 Å². The third kappa shape index (κ3) is 2.72. The SMILES string of the molecule is Cc1ccc(CNc2cccnc2N2CCCC2)o1. The summed E-state index contributed by atoms with van der Waals surface area (Å²) in [5.74, 6) is 2.96. The van der Waals surface area contributed by atoms with Crippen LogP contribution in [-0.4, -0.2) is 18.1 Å². The van der Waals surface area contributed by atoms with Crippen LogP contribution in [0.25, 0.3) is 0 Å². The van der Waals surface area contributed by atoms with Crippen LogP contribution < -0.4 is 10.2 Å². The Balaban J connectivity index is 1.73. The number of hydrogen-bond acceptors (Lipinski definition) is 4. The molecule has 1 fully saturated rings. The minimum atomic E-state index is 0.695. The van der Waals surface area contributed by atoms with Crippen LogP contribution in [-0.2, 0) is 6.54 Å². The van der Waals surface area contributed by atoms with Crippen LogP contribution in [0.4, 0.5) is 11.5 Å². The lowest BCUT2D eigenvalue weighted by Crippen LogP contribution is -2.20. The van der Waals surface area contributed by atoms with Gasteiger partial charge in [-0.25, -0.2) is 4.98 Å². The van der Waals surface area contributed by atoms with E-state index in [0.29, 0.717) is 6.54 Å². The summed E-state index contributed by atoms with van der Waals surface area (Å²) >= 11 is 0. The predicted molar refractivity (Wildman–Crippen MR) is 76.5 cm³/mol. The van der Waals surface area contributed by atoms with Gasteiger partial charge in [-0.15, -0.1) is 0 Å². The summed E-state index contributed by atoms with van der Waals surface area (Å²) in [5, 5.41) is 3.42. The smallest absolute Gasteiger partial charge is 0.151 e. The summed E-state index contributed by atoms with van der Waals surface area (Å²) in [6.45, 7) is 4.86. The zero-order valence-corrected chi connectivity index (χ0v) is 11.2. The van der Waals surface area contributed by atoms with E-state index in [1.165, 1.54) is 12.8 Å². The molecule has 100 valence electrons. The summed E-state index contributed by atoms with van der Waals surface area (Å²) in [6.07, 6.45) is 4.37. The third-order valence-corrected chi connectivity index (χ3v) is 3.44. The van der Waals surface area contributed by atoms with Crippen molar-refractivity contribution in [2.45, 2.75) is 26.3 Å². The topological polar surface area (TPSA) is 41.3 Å². The summed E-state index contributed by atoms with van der Waals surface area (Å²) in [5.41, 5.74) is 1.08.